The molecule has 1 fully saturated rings. The maximum atomic E-state index is 12.1. The lowest BCUT2D eigenvalue weighted by atomic mass is 10.1. The van der Waals surface area contributed by atoms with Crippen LogP contribution in [-0.4, -0.2) is 53.0 Å². The summed E-state index contributed by atoms with van der Waals surface area (Å²) in [6.07, 6.45) is 3.70. The zero-order valence-corrected chi connectivity index (χ0v) is 12.7. The number of likely N-dealkylation sites (tertiary alicyclic amines) is 1. The summed E-state index contributed by atoms with van der Waals surface area (Å²) < 4.78 is 0. The van der Waals surface area contributed by atoms with Gasteiger partial charge in [-0.1, -0.05) is 12.2 Å². The molecule has 0 aromatic rings. The van der Waals surface area contributed by atoms with Crippen LogP contribution in [0.4, 0.5) is 4.79 Å². The maximum absolute atomic E-state index is 12.1. The van der Waals surface area contributed by atoms with Gasteiger partial charge in [0.1, 0.15) is 0 Å². The number of hydrogen-bond acceptors (Lipinski definition) is 2. The molecule has 1 heterocycles. The number of hydrogen-bond donors (Lipinski definition) is 1. The minimum Gasteiger partial charge on any atom is -0.336 e. The Hall–Kier alpha value is -1.78. The zero-order valence-electron chi connectivity index (χ0n) is 12.7. The molecule has 1 unspecified atom stereocenters. The van der Waals surface area contributed by atoms with E-state index in [1.165, 1.54) is 0 Å². The van der Waals surface area contributed by atoms with Crippen LogP contribution in [0.3, 0.4) is 0 Å². The zero-order chi connectivity index (χ0) is 15.3. The molecule has 1 atom stereocenters. The van der Waals surface area contributed by atoms with Crippen molar-refractivity contribution in [3.63, 3.8) is 0 Å². The Balaban J connectivity index is 2.61. The Labute approximate surface area is 121 Å². The molecule has 1 aliphatic rings. The average Bonchev–Trinajstić information content (AvgIpc) is 2.69. The van der Waals surface area contributed by atoms with Gasteiger partial charge in [0.05, 0.1) is 6.04 Å². The van der Waals surface area contributed by atoms with E-state index in [0.717, 1.165) is 0 Å². The minimum absolute atomic E-state index is 0.0850. The van der Waals surface area contributed by atoms with Crippen LogP contribution in [0.2, 0.25) is 0 Å². The minimum atomic E-state index is -0.210. The molecule has 0 aliphatic carbocycles. The van der Waals surface area contributed by atoms with Crippen molar-refractivity contribution < 1.29 is 9.59 Å². The highest BCUT2D eigenvalue weighted by Gasteiger charge is 2.37. The van der Waals surface area contributed by atoms with Gasteiger partial charge < -0.3 is 15.1 Å². The topological polar surface area (TPSA) is 52.7 Å². The second kappa shape index (κ2) is 6.59. The molecular weight excluding hydrogens is 254 g/mol. The predicted octanol–water partition coefficient (Wildman–Crippen LogP) is 1.77. The van der Waals surface area contributed by atoms with Crippen molar-refractivity contribution in [2.24, 2.45) is 0 Å². The summed E-state index contributed by atoms with van der Waals surface area (Å²) in [5, 5.41) is 2.91. The molecule has 1 rings (SSSR count). The number of carbonyl (C=O) groups excluding carboxylic acids is 2. The van der Waals surface area contributed by atoms with Crippen LogP contribution in [0.1, 0.15) is 27.2 Å². The normalized spacial score (nSPS) is 18.9. The largest absolute Gasteiger partial charge is 0.336 e. The van der Waals surface area contributed by atoms with E-state index >= 15 is 0 Å². The molecule has 20 heavy (non-hydrogen) atoms. The second-order valence-electron chi connectivity index (χ2n) is 6.01. The third-order valence-electron chi connectivity index (χ3n) is 3.25. The van der Waals surface area contributed by atoms with Gasteiger partial charge in [-0.15, -0.1) is 13.2 Å². The molecule has 1 N–H and O–H groups in total. The van der Waals surface area contributed by atoms with Gasteiger partial charge in [-0.05, 0) is 20.8 Å². The Morgan fingerprint density at radius 1 is 1.40 bits per heavy atom. The van der Waals surface area contributed by atoms with E-state index in [4.69, 9.17) is 0 Å². The smallest absolute Gasteiger partial charge is 0.318 e. The van der Waals surface area contributed by atoms with Crippen molar-refractivity contribution in [2.75, 3.05) is 19.6 Å². The van der Waals surface area contributed by atoms with E-state index in [-0.39, 0.29) is 23.5 Å². The van der Waals surface area contributed by atoms with Gasteiger partial charge in [0.15, 0.2) is 0 Å². The van der Waals surface area contributed by atoms with E-state index in [9.17, 15) is 9.59 Å². The van der Waals surface area contributed by atoms with E-state index in [0.29, 0.717) is 26.1 Å². The molecule has 0 aromatic carbocycles. The summed E-state index contributed by atoms with van der Waals surface area (Å²) in [5.41, 5.74) is -0.210. The van der Waals surface area contributed by atoms with Crippen LogP contribution < -0.4 is 5.32 Å². The van der Waals surface area contributed by atoms with Gasteiger partial charge in [-0.3, -0.25) is 4.79 Å². The van der Waals surface area contributed by atoms with Crippen molar-refractivity contribution >= 4 is 11.9 Å². The first kappa shape index (κ1) is 16.3. The number of rotatable bonds is 5. The highest BCUT2D eigenvalue weighted by Crippen LogP contribution is 2.21. The molecule has 0 saturated carbocycles. The SMILES string of the molecule is C=CCN(CC=C)C(=O)NC1CC(=O)N(C(C)(C)C)C1. The molecule has 3 amide bonds. The highest BCUT2D eigenvalue weighted by atomic mass is 16.2. The van der Waals surface area contributed by atoms with Crippen molar-refractivity contribution in [1.29, 1.82) is 0 Å². The Morgan fingerprint density at radius 3 is 2.35 bits per heavy atom. The molecule has 0 bridgehead atoms. The summed E-state index contributed by atoms with van der Waals surface area (Å²) in [4.78, 5) is 27.5. The monoisotopic (exact) mass is 279 g/mol. The summed E-state index contributed by atoms with van der Waals surface area (Å²) in [7, 11) is 0. The lowest BCUT2D eigenvalue weighted by molar-refractivity contribution is -0.131. The van der Waals surface area contributed by atoms with Gasteiger partial charge in [-0.25, -0.2) is 4.79 Å². The molecule has 0 radical (unpaired) electrons. The lowest BCUT2D eigenvalue weighted by Crippen LogP contribution is -2.47. The van der Waals surface area contributed by atoms with Crippen LogP contribution in [0, 0.1) is 0 Å². The van der Waals surface area contributed by atoms with Crippen LogP contribution in [0.15, 0.2) is 25.3 Å². The molecule has 112 valence electrons. The lowest BCUT2D eigenvalue weighted by Gasteiger charge is -2.32. The fourth-order valence-corrected chi connectivity index (χ4v) is 2.27. The molecule has 1 saturated heterocycles. The summed E-state index contributed by atoms with van der Waals surface area (Å²) in [5.74, 6) is 0.0850. The van der Waals surface area contributed by atoms with E-state index < -0.39 is 0 Å². The molecule has 5 nitrogen and oxygen atoms in total. The predicted molar refractivity (Wildman–Crippen MR) is 80.4 cm³/mol. The van der Waals surface area contributed by atoms with Crippen LogP contribution in [-0.2, 0) is 4.79 Å². The van der Waals surface area contributed by atoms with Crippen molar-refractivity contribution in [1.82, 2.24) is 15.1 Å². The van der Waals surface area contributed by atoms with Gasteiger partial charge in [-0.2, -0.15) is 0 Å². The number of nitrogens with one attached hydrogen (secondary N) is 1. The molecular formula is C15H25N3O2. The van der Waals surface area contributed by atoms with Crippen LogP contribution in [0.25, 0.3) is 0 Å². The van der Waals surface area contributed by atoms with Gasteiger partial charge in [0.2, 0.25) is 5.91 Å². The second-order valence-corrected chi connectivity index (χ2v) is 6.01. The third kappa shape index (κ3) is 4.11. The first-order valence-electron chi connectivity index (χ1n) is 6.87. The number of urea groups is 1. The fraction of sp³-hybridized carbons (Fsp3) is 0.600. The summed E-state index contributed by atoms with van der Waals surface area (Å²) in [6, 6.07) is -0.315. The third-order valence-corrected chi connectivity index (χ3v) is 3.25. The van der Waals surface area contributed by atoms with E-state index in [2.05, 4.69) is 18.5 Å². The van der Waals surface area contributed by atoms with Crippen molar-refractivity contribution in [2.45, 2.75) is 38.8 Å². The molecule has 0 spiro atoms. The van der Waals surface area contributed by atoms with Crippen LogP contribution >= 0.6 is 0 Å². The first-order chi connectivity index (χ1) is 9.29. The van der Waals surface area contributed by atoms with Gasteiger partial charge >= 0.3 is 6.03 Å². The van der Waals surface area contributed by atoms with Gasteiger partial charge in [0, 0.05) is 31.6 Å². The number of carbonyl (C=O) groups is 2. The highest BCUT2D eigenvalue weighted by molar-refractivity contribution is 5.82. The standard InChI is InChI=1S/C15H25N3O2/c1-6-8-17(9-7-2)14(20)16-12-10-13(19)18(11-12)15(3,4)5/h6-7,12H,1-2,8-11H2,3-5H3,(H,16,20). The summed E-state index contributed by atoms with van der Waals surface area (Å²) in [6.45, 7) is 14.7. The Kier molecular flexibility index (Phi) is 5.36. The fourth-order valence-electron chi connectivity index (χ4n) is 2.27. The van der Waals surface area contributed by atoms with E-state index in [1.54, 1.807) is 17.1 Å². The average molecular weight is 279 g/mol. The first-order valence-corrected chi connectivity index (χ1v) is 6.87. The molecule has 1 aliphatic heterocycles. The number of nitrogens with zero attached hydrogens (tertiary/aromatic N) is 2. The summed E-state index contributed by atoms with van der Waals surface area (Å²) >= 11 is 0. The van der Waals surface area contributed by atoms with Crippen LogP contribution in [0.5, 0.6) is 0 Å². The van der Waals surface area contributed by atoms with E-state index in [1.807, 2.05) is 25.7 Å². The Bertz CT molecular complexity index is 388. The van der Waals surface area contributed by atoms with Crippen molar-refractivity contribution in [3.8, 4) is 0 Å². The molecule has 5 heteroatoms. The molecule has 0 aromatic heterocycles. The van der Waals surface area contributed by atoms with Gasteiger partial charge in [0.25, 0.3) is 0 Å². The van der Waals surface area contributed by atoms with Crippen molar-refractivity contribution in [3.05, 3.63) is 25.3 Å². The maximum Gasteiger partial charge on any atom is 0.318 e. The quantitative estimate of drug-likeness (QED) is 0.780. The number of amides is 3. The Morgan fingerprint density at radius 2 is 1.95 bits per heavy atom.